The fourth-order valence-corrected chi connectivity index (χ4v) is 5.23. The van der Waals surface area contributed by atoms with Crippen molar-refractivity contribution in [3.63, 3.8) is 0 Å². The van der Waals surface area contributed by atoms with E-state index in [1.807, 2.05) is 57.2 Å². The summed E-state index contributed by atoms with van der Waals surface area (Å²) in [6.07, 6.45) is 5.67. The lowest BCUT2D eigenvalue weighted by Gasteiger charge is -2.28. The molecule has 0 N–H and O–H groups in total. The van der Waals surface area contributed by atoms with Crippen molar-refractivity contribution in [1.29, 1.82) is 0 Å². The Labute approximate surface area is 206 Å². The van der Waals surface area contributed by atoms with Gasteiger partial charge in [0, 0.05) is 30.9 Å². The number of para-hydroxylation sites is 1. The van der Waals surface area contributed by atoms with Gasteiger partial charge in [0.25, 0.3) is 5.91 Å². The molecule has 0 atom stereocenters. The van der Waals surface area contributed by atoms with Gasteiger partial charge in [0.1, 0.15) is 0 Å². The van der Waals surface area contributed by atoms with E-state index in [0.717, 1.165) is 24.3 Å². The molecule has 34 heavy (non-hydrogen) atoms. The molecule has 0 bridgehead atoms. The lowest BCUT2D eigenvalue weighted by Crippen LogP contribution is -2.29. The highest BCUT2D eigenvalue weighted by Crippen LogP contribution is 2.38. The number of ether oxygens (including phenoxy) is 2. The first-order valence-corrected chi connectivity index (χ1v) is 12.8. The lowest BCUT2D eigenvalue weighted by atomic mass is 10.1. The van der Waals surface area contributed by atoms with Crippen molar-refractivity contribution < 1.29 is 14.3 Å². The average Bonchev–Trinajstić information content (AvgIpc) is 3.14. The Balaban J connectivity index is 1.60. The third kappa shape index (κ3) is 5.41. The van der Waals surface area contributed by atoms with E-state index in [0.29, 0.717) is 28.1 Å². The van der Waals surface area contributed by atoms with Gasteiger partial charge in [-0.25, -0.2) is 4.99 Å². The zero-order chi connectivity index (χ0) is 24.1. The van der Waals surface area contributed by atoms with Crippen LogP contribution in [0.15, 0.2) is 52.4 Å². The van der Waals surface area contributed by atoms with Gasteiger partial charge in [-0.05, 0) is 88.2 Å². The predicted molar refractivity (Wildman–Crippen MR) is 141 cm³/mol. The van der Waals surface area contributed by atoms with Gasteiger partial charge in [0.15, 0.2) is 16.7 Å². The van der Waals surface area contributed by atoms with Crippen LogP contribution in [-0.2, 0) is 4.79 Å². The molecule has 2 aliphatic rings. The molecule has 0 spiro atoms. The molecule has 2 saturated heterocycles. The van der Waals surface area contributed by atoms with Crippen molar-refractivity contribution in [2.24, 2.45) is 4.99 Å². The first-order chi connectivity index (χ1) is 16.5. The molecule has 180 valence electrons. The molecule has 7 heteroatoms. The van der Waals surface area contributed by atoms with Crippen molar-refractivity contribution in [3.8, 4) is 11.5 Å². The highest BCUT2D eigenvalue weighted by molar-refractivity contribution is 8.18. The molecular weight excluding hydrogens is 446 g/mol. The summed E-state index contributed by atoms with van der Waals surface area (Å²) < 4.78 is 11.5. The number of likely N-dealkylation sites (N-methyl/N-ethyl adjacent to an activating group) is 1. The number of piperidine rings is 1. The topological polar surface area (TPSA) is 54.4 Å². The molecule has 0 radical (unpaired) electrons. The summed E-state index contributed by atoms with van der Waals surface area (Å²) in [7, 11) is 1.62. The third-order valence-electron chi connectivity index (χ3n) is 5.87. The number of aliphatic imine (C=N–C) groups is 1. The van der Waals surface area contributed by atoms with E-state index >= 15 is 0 Å². The number of hydrogen-bond donors (Lipinski definition) is 0. The van der Waals surface area contributed by atoms with Crippen LogP contribution in [-0.4, -0.2) is 48.8 Å². The second-order valence-corrected chi connectivity index (χ2v) is 9.67. The molecule has 6 nitrogen and oxygen atoms in total. The number of rotatable bonds is 7. The van der Waals surface area contributed by atoms with Crippen LogP contribution < -0.4 is 14.4 Å². The van der Waals surface area contributed by atoms with E-state index in [9.17, 15) is 4.79 Å². The molecule has 2 aliphatic heterocycles. The minimum absolute atomic E-state index is 0.0162. The van der Waals surface area contributed by atoms with Crippen LogP contribution in [0.1, 0.15) is 45.6 Å². The zero-order valence-electron chi connectivity index (χ0n) is 20.4. The molecule has 0 unspecified atom stereocenters. The first-order valence-electron chi connectivity index (χ1n) is 12.0. The molecule has 2 fully saturated rings. The molecule has 1 amide bonds. The Morgan fingerprint density at radius 2 is 1.82 bits per heavy atom. The maximum Gasteiger partial charge on any atom is 0.266 e. The smallest absolute Gasteiger partial charge is 0.266 e. The Hall–Kier alpha value is -2.93. The van der Waals surface area contributed by atoms with Crippen LogP contribution in [0.25, 0.3) is 6.08 Å². The van der Waals surface area contributed by atoms with Crippen molar-refractivity contribution in [1.82, 2.24) is 4.90 Å². The quantitative estimate of drug-likeness (QED) is 0.449. The number of carbonyl (C=O) groups is 1. The van der Waals surface area contributed by atoms with Crippen LogP contribution in [0, 0.1) is 0 Å². The largest absolute Gasteiger partial charge is 0.493 e. The van der Waals surface area contributed by atoms with Gasteiger partial charge in [-0.15, -0.1) is 0 Å². The minimum atomic E-state index is -0.0468. The van der Waals surface area contributed by atoms with E-state index in [2.05, 4.69) is 17.0 Å². The van der Waals surface area contributed by atoms with Crippen molar-refractivity contribution in [2.45, 2.75) is 46.1 Å². The number of anilines is 1. The number of thioether (sulfide) groups is 1. The van der Waals surface area contributed by atoms with Gasteiger partial charge < -0.3 is 14.4 Å². The standard InChI is InChI=1S/C27H33N3O3S/c1-5-30-26(31)24(18-20-10-9-11-23(32-4)25(20)33-19(2)3)34-27(30)28-21-12-14-22(15-13-21)29-16-7-6-8-17-29/h9-15,18-19H,5-8,16-17H2,1-4H3. The van der Waals surface area contributed by atoms with Gasteiger partial charge in [-0.3, -0.25) is 9.69 Å². The van der Waals surface area contributed by atoms with Gasteiger partial charge in [-0.1, -0.05) is 12.1 Å². The molecular formula is C27H33N3O3S. The Morgan fingerprint density at radius 3 is 2.47 bits per heavy atom. The number of amides is 1. The molecule has 2 heterocycles. The summed E-state index contributed by atoms with van der Waals surface area (Å²) in [6.45, 7) is 8.69. The second kappa shape index (κ2) is 11.0. The van der Waals surface area contributed by atoms with Gasteiger partial charge in [-0.2, -0.15) is 0 Å². The van der Waals surface area contributed by atoms with E-state index in [-0.39, 0.29) is 12.0 Å². The Bertz CT molecular complexity index is 1070. The number of nitrogens with zero attached hydrogens (tertiary/aromatic N) is 3. The molecule has 4 rings (SSSR count). The summed E-state index contributed by atoms with van der Waals surface area (Å²) in [6, 6.07) is 14.0. The second-order valence-electron chi connectivity index (χ2n) is 8.66. The van der Waals surface area contributed by atoms with Gasteiger partial charge in [0.05, 0.1) is 23.8 Å². The van der Waals surface area contributed by atoms with Gasteiger partial charge >= 0.3 is 0 Å². The molecule has 0 aliphatic carbocycles. The molecule has 0 aromatic heterocycles. The number of amidine groups is 1. The highest BCUT2D eigenvalue weighted by Gasteiger charge is 2.32. The van der Waals surface area contributed by atoms with Crippen LogP contribution >= 0.6 is 11.8 Å². The maximum atomic E-state index is 13.2. The van der Waals surface area contributed by atoms with Crippen molar-refractivity contribution in [2.75, 3.05) is 31.6 Å². The van der Waals surface area contributed by atoms with Crippen LogP contribution in [0.4, 0.5) is 11.4 Å². The summed E-state index contributed by atoms with van der Waals surface area (Å²) in [5.41, 5.74) is 2.90. The van der Waals surface area contributed by atoms with Crippen LogP contribution in [0.2, 0.25) is 0 Å². The monoisotopic (exact) mass is 479 g/mol. The average molecular weight is 480 g/mol. The minimum Gasteiger partial charge on any atom is -0.493 e. The highest BCUT2D eigenvalue weighted by atomic mass is 32.2. The van der Waals surface area contributed by atoms with Crippen molar-refractivity contribution >= 4 is 40.3 Å². The van der Waals surface area contributed by atoms with Gasteiger partial charge in [0.2, 0.25) is 0 Å². The first kappa shape index (κ1) is 24.2. The van der Waals surface area contributed by atoms with E-state index < -0.39 is 0 Å². The number of methoxy groups -OCH3 is 1. The van der Waals surface area contributed by atoms with Crippen LogP contribution in [0.3, 0.4) is 0 Å². The van der Waals surface area contributed by atoms with Crippen molar-refractivity contribution in [3.05, 3.63) is 52.9 Å². The number of hydrogen-bond acceptors (Lipinski definition) is 6. The fraction of sp³-hybridized carbons (Fsp3) is 0.407. The summed E-state index contributed by atoms with van der Waals surface area (Å²) in [5, 5.41) is 0.693. The fourth-order valence-electron chi connectivity index (χ4n) is 4.18. The summed E-state index contributed by atoms with van der Waals surface area (Å²) >= 11 is 1.40. The molecule has 0 saturated carbocycles. The van der Waals surface area contributed by atoms with Crippen LogP contribution in [0.5, 0.6) is 11.5 Å². The Kier molecular flexibility index (Phi) is 7.83. The van der Waals surface area contributed by atoms with E-state index in [1.54, 1.807) is 12.0 Å². The predicted octanol–water partition coefficient (Wildman–Crippen LogP) is 6.10. The SMILES string of the molecule is CCN1C(=O)C(=Cc2cccc(OC)c2OC(C)C)SC1=Nc1ccc(N2CCCCC2)cc1. The van der Waals surface area contributed by atoms with E-state index in [1.165, 1.54) is 36.7 Å². The maximum absolute atomic E-state index is 13.2. The molecule has 2 aromatic rings. The Morgan fingerprint density at radius 1 is 1.09 bits per heavy atom. The lowest BCUT2D eigenvalue weighted by molar-refractivity contribution is -0.122. The summed E-state index contributed by atoms with van der Waals surface area (Å²) in [5.74, 6) is 1.24. The normalized spacial score (nSPS) is 18.9. The number of carbonyl (C=O) groups excluding carboxylic acids is 1. The third-order valence-corrected chi connectivity index (χ3v) is 6.88. The molecule has 2 aromatic carbocycles. The summed E-state index contributed by atoms with van der Waals surface area (Å²) in [4.78, 5) is 22.7. The van der Waals surface area contributed by atoms with E-state index in [4.69, 9.17) is 14.5 Å². The number of benzene rings is 2. The zero-order valence-corrected chi connectivity index (χ0v) is 21.2.